The fraction of sp³-hybridized carbons (Fsp3) is 0.556. The number of rotatable bonds is 4. The number of hydrogen-bond donors (Lipinski definition) is 3. The predicted molar refractivity (Wildman–Crippen MR) is 99.4 cm³/mol. The summed E-state index contributed by atoms with van der Waals surface area (Å²) in [5, 5.41) is 8.82. The number of carbonyl (C=O) groups is 2. The average molecular weight is 430 g/mol. The van der Waals surface area contributed by atoms with Crippen LogP contribution in [0, 0.1) is 0 Å². The first-order valence-corrected chi connectivity index (χ1v) is 9.66. The van der Waals surface area contributed by atoms with Gasteiger partial charge in [0, 0.05) is 29.8 Å². The Hall–Kier alpha value is -1.70. The standard InChI is InChI=1S/C18H22BrF2N3O2/c19-11-4-5-13(22-12-6-8-18(20,21)9-7-12)15(10-11)24-17(26)14-2-1-3-16(25)23-14/h4-5,10,12,14,22H,1-3,6-9H2,(H,23,25)(H,24,26). The Morgan fingerprint density at radius 1 is 1.19 bits per heavy atom. The first-order valence-electron chi connectivity index (χ1n) is 8.86. The lowest BCUT2D eigenvalue weighted by Gasteiger charge is -2.30. The second-order valence-corrected chi connectivity index (χ2v) is 7.88. The van der Waals surface area contributed by atoms with Crippen LogP contribution in [0.1, 0.15) is 44.9 Å². The van der Waals surface area contributed by atoms with Gasteiger partial charge < -0.3 is 16.0 Å². The van der Waals surface area contributed by atoms with Crippen molar-refractivity contribution in [1.29, 1.82) is 0 Å². The summed E-state index contributed by atoms with van der Waals surface area (Å²) in [4.78, 5) is 24.0. The van der Waals surface area contributed by atoms with Crippen LogP contribution in [-0.2, 0) is 9.59 Å². The lowest BCUT2D eigenvalue weighted by molar-refractivity contribution is -0.128. The number of anilines is 2. The smallest absolute Gasteiger partial charge is 0.248 e. The normalized spacial score (nSPS) is 23.2. The van der Waals surface area contributed by atoms with Gasteiger partial charge in [-0.2, -0.15) is 0 Å². The van der Waals surface area contributed by atoms with Crippen molar-refractivity contribution in [3.63, 3.8) is 0 Å². The molecular weight excluding hydrogens is 408 g/mol. The van der Waals surface area contributed by atoms with E-state index in [0.29, 0.717) is 43.5 Å². The number of halogens is 3. The summed E-state index contributed by atoms with van der Waals surface area (Å²) in [6.07, 6.45) is 2.24. The monoisotopic (exact) mass is 429 g/mol. The highest BCUT2D eigenvalue weighted by Crippen LogP contribution is 2.35. The fourth-order valence-electron chi connectivity index (χ4n) is 3.37. The van der Waals surface area contributed by atoms with Crippen LogP contribution in [0.4, 0.5) is 20.2 Å². The summed E-state index contributed by atoms with van der Waals surface area (Å²) in [5.41, 5.74) is 1.26. The molecule has 1 aromatic carbocycles. The van der Waals surface area contributed by atoms with Gasteiger partial charge >= 0.3 is 0 Å². The summed E-state index contributed by atoms with van der Waals surface area (Å²) < 4.78 is 27.5. The second kappa shape index (κ2) is 7.90. The van der Waals surface area contributed by atoms with E-state index < -0.39 is 12.0 Å². The molecule has 1 aliphatic carbocycles. The molecule has 1 aliphatic heterocycles. The highest BCUT2D eigenvalue weighted by Gasteiger charge is 2.35. The van der Waals surface area contributed by atoms with Gasteiger partial charge in [0.25, 0.3) is 0 Å². The lowest BCUT2D eigenvalue weighted by Crippen LogP contribution is -2.46. The molecule has 0 radical (unpaired) electrons. The molecule has 142 valence electrons. The van der Waals surface area contributed by atoms with E-state index in [-0.39, 0.29) is 30.7 Å². The van der Waals surface area contributed by atoms with Crippen LogP contribution in [0.5, 0.6) is 0 Å². The fourth-order valence-corrected chi connectivity index (χ4v) is 3.73. The van der Waals surface area contributed by atoms with E-state index in [1.807, 2.05) is 12.1 Å². The second-order valence-electron chi connectivity index (χ2n) is 6.97. The SMILES string of the molecule is O=C1CCCC(C(=O)Nc2cc(Br)ccc2NC2CCC(F)(F)CC2)N1. The minimum Gasteiger partial charge on any atom is -0.381 e. The van der Waals surface area contributed by atoms with Crippen molar-refractivity contribution in [1.82, 2.24) is 5.32 Å². The molecule has 5 nitrogen and oxygen atoms in total. The Labute approximate surface area is 159 Å². The molecule has 3 rings (SSSR count). The zero-order valence-corrected chi connectivity index (χ0v) is 15.9. The molecule has 2 fully saturated rings. The number of piperidine rings is 1. The quantitative estimate of drug-likeness (QED) is 0.675. The van der Waals surface area contributed by atoms with E-state index in [1.165, 1.54) is 0 Å². The van der Waals surface area contributed by atoms with Crippen LogP contribution in [0.15, 0.2) is 22.7 Å². The first-order chi connectivity index (χ1) is 12.3. The molecule has 1 unspecified atom stereocenters. The summed E-state index contributed by atoms with van der Waals surface area (Å²) in [6, 6.07) is 4.81. The number of nitrogens with one attached hydrogen (secondary N) is 3. The number of amides is 2. The third-order valence-electron chi connectivity index (χ3n) is 4.86. The van der Waals surface area contributed by atoms with Gasteiger partial charge in [-0.05, 0) is 43.9 Å². The van der Waals surface area contributed by atoms with Gasteiger partial charge in [0.1, 0.15) is 6.04 Å². The molecule has 1 atom stereocenters. The van der Waals surface area contributed by atoms with Crippen molar-refractivity contribution in [2.45, 2.75) is 63.0 Å². The highest BCUT2D eigenvalue weighted by molar-refractivity contribution is 9.10. The topological polar surface area (TPSA) is 70.2 Å². The summed E-state index contributed by atoms with van der Waals surface area (Å²) in [7, 11) is 0. The Kier molecular flexibility index (Phi) is 5.79. The van der Waals surface area contributed by atoms with Crippen LogP contribution in [0.3, 0.4) is 0 Å². The van der Waals surface area contributed by atoms with Gasteiger partial charge in [-0.25, -0.2) is 8.78 Å². The minimum absolute atomic E-state index is 0.0548. The Bertz CT molecular complexity index is 689. The van der Waals surface area contributed by atoms with Gasteiger partial charge in [0.05, 0.1) is 11.4 Å². The van der Waals surface area contributed by atoms with Crippen LogP contribution in [0.2, 0.25) is 0 Å². The van der Waals surface area contributed by atoms with Gasteiger partial charge in [-0.3, -0.25) is 9.59 Å². The Morgan fingerprint density at radius 2 is 1.92 bits per heavy atom. The van der Waals surface area contributed by atoms with Crippen molar-refractivity contribution in [3.8, 4) is 0 Å². The van der Waals surface area contributed by atoms with Gasteiger partial charge in [0.2, 0.25) is 17.7 Å². The van der Waals surface area contributed by atoms with Crippen molar-refractivity contribution in [2.24, 2.45) is 0 Å². The van der Waals surface area contributed by atoms with Crippen molar-refractivity contribution < 1.29 is 18.4 Å². The zero-order chi connectivity index (χ0) is 18.7. The van der Waals surface area contributed by atoms with E-state index in [4.69, 9.17) is 0 Å². The first kappa shape index (κ1) is 19.1. The molecule has 1 aromatic rings. The van der Waals surface area contributed by atoms with Crippen LogP contribution >= 0.6 is 15.9 Å². The van der Waals surface area contributed by atoms with Gasteiger partial charge in [-0.1, -0.05) is 15.9 Å². The molecule has 0 spiro atoms. The third-order valence-corrected chi connectivity index (χ3v) is 5.36. The van der Waals surface area contributed by atoms with E-state index in [9.17, 15) is 18.4 Å². The number of carbonyl (C=O) groups excluding carboxylic acids is 2. The molecule has 8 heteroatoms. The van der Waals surface area contributed by atoms with Crippen molar-refractivity contribution in [3.05, 3.63) is 22.7 Å². The highest BCUT2D eigenvalue weighted by atomic mass is 79.9. The van der Waals surface area contributed by atoms with E-state index in [2.05, 4.69) is 31.9 Å². The maximum Gasteiger partial charge on any atom is 0.248 e. The lowest BCUT2D eigenvalue weighted by atomic mass is 9.92. The number of alkyl halides is 2. The molecular formula is C18H22BrF2N3O2. The number of hydrogen-bond acceptors (Lipinski definition) is 3. The van der Waals surface area contributed by atoms with E-state index >= 15 is 0 Å². The molecule has 1 heterocycles. The molecule has 1 saturated carbocycles. The summed E-state index contributed by atoms with van der Waals surface area (Å²) in [6.45, 7) is 0. The maximum absolute atomic E-state index is 13.3. The van der Waals surface area contributed by atoms with Crippen molar-refractivity contribution >= 4 is 39.1 Å². The average Bonchev–Trinajstić information content (AvgIpc) is 2.59. The van der Waals surface area contributed by atoms with Crippen LogP contribution in [0.25, 0.3) is 0 Å². The summed E-state index contributed by atoms with van der Waals surface area (Å²) >= 11 is 3.38. The molecule has 3 N–H and O–H groups in total. The van der Waals surface area contributed by atoms with Gasteiger partial charge in [0.15, 0.2) is 0 Å². The molecule has 0 aromatic heterocycles. The maximum atomic E-state index is 13.3. The zero-order valence-electron chi connectivity index (χ0n) is 14.3. The van der Waals surface area contributed by atoms with E-state index in [1.54, 1.807) is 6.07 Å². The molecule has 1 saturated heterocycles. The van der Waals surface area contributed by atoms with Crippen LogP contribution < -0.4 is 16.0 Å². The van der Waals surface area contributed by atoms with Crippen molar-refractivity contribution in [2.75, 3.05) is 10.6 Å². The Balaban J connectivity index is 1.68. The summed E-state index contributed by atoms with van der Waals surface area (Å²) in [5.74, 6) is -2.96. The van der Waals surface area contributed by atoms with Crippen LogP contribution in [-0.4, -0.2) is 29.8 Å². The molecule has 2 amide bonds. The minimum atomic E-state index is -2.58. The van der Waals surface area contributed by atoms with Gasteiger partial charge in [-0.15, -0.1) is 0 Å². The Morgan fingerprint density at radius 3 is 2.62 bits per heavy atom. The third kappa shape index (κ3) is 4.93. The van der Waals surface area contributed by atoms with E-state index in [0.717, 1.165) is 4.47 Å². The molecule has 0 bridgehead atoms. The largest absolute Gasteiger partial charge is 0.381 e. The predicted octanol–water partition coefficient (Wildman–Crippen LogP) is 4.05. The number of benzene rings is 1. The molecule has 26 heavy (non-hydrogen) atoms. The molecule has 2 aliphatic rings.